The second-order valence-corrected chi connectivity index (χ2v) is 3.88. The molecule has 2 fully saturated rings. The average molecular weight is 156 g/mol. The molecule has 1 heterocycles. The molecule has 2 nitrogen and oxygen atoms in total. The van der Waals surface area contributed by atoms with Gasteiger partial charge in [0.1, 0.15) is 0 Å². The minimum absolute atomic E-state index is 0.0357. The van der Waals surface area contributed by atoms with Gasteiger partial charge in [0.15, 0.2) is 0 Å². The van der Waals surface area contributed by atoms with Gasteiger partial charge in [-0.25, -0.2) is 0 Å². The Morgan fingerprint density at radius 2 is 1.91 bits per heavy atom. The molecule has 0 aromatic rings. The molecule has 1 saturated carbocycles. The first kappa shape index (κ1) is 7.56. The van der Waals surface area contributed by atoms with Crippen LogP contribution in [0.25, 0.3) is 0 Å². The third kappa shape index (κ3) is 1.18. The van der Waals surface area contributed by atoms with Gasteiger partial charge in [-0.1, -0.05) is 6.42 Å². The first-order chi connectivity index (χ1) is 5.33. The summed E-state index contributed by atoms with van der Waals surface area (Å²) in [6, 6.07) is 0. The van der Waals surface area contributed by atoms with E-state index in [0.717, 1.165) is 32.5 Å². The van der Waals surface area contributed by atoms with Crippen LogP contribution in [0.1, 0.15) is 32.1 Å². The zero-order valence-electron chi connectivity index (χ0n) is 6.88. The van der Waals surface area contributed by atoms with E-state index in [9.17, 15) is 5.11 Å². The predicted octanol–water partition coefficient (Wildman–Crippen LogP) is 1.33. The molecular formula is C9H16O2. The highest BCUT2D eigenvalue weighted by molar-refractivity contribution is 4.93. The first-order valence-electron chi connectivity index (χ1n) is 4.59. The molecule has 2 heteroatoms. The summed E-state index contributed by atoms with van der Waals surface area (Å²) in [5.41, 5.74) is 0.262. The standard InChI is InChI=1S/C9H16O2/c10-8-2-1-3-9(8)4-6-11-7-5-9/h8,10H,1-7H2/t8-/m1/s1. The molecule has 1 aliphatic heterocycles. The maximum atomic E-state index is 9.75. The van der Waals surface area contributed by atoms with Crippen molar-refractivity contribution in [2.24, 2.45) is 5.41 Å². The van der Waals surface area contributed by atoms with Crippen LogP contribution in [0.3, 0.4) is 0 Å². The molecule has 0 aromatic carbocycles. The molecule has 0 aromatic heterocycles. The van der Waals surface area contributed by atoms with E-state index in [4.69, 9.17) is 4.74 Å². The largest absolute Gasteiger partial charge is 0.393 e. The zero-order valence-corrected chi connectivity index (χ0v) is 6.88. The number of rotatable bonds is 0. The molecule has 0 radical (unpaired) electrons. The maximum Gasteiger partial charge on any atom is 0.0598 e. The first-order valence-corrected chi connectivity index (χ1v) is 4.59. The summed E-state index contributed by atoms with van der Waals surface area (Å²) in [4.78, 5) is 0. The lowest BCUT2D eigenvalue weighted by atomic mass is 9.77. The van der Waals surface area contributed by atoms with Crippen molar-refractivity contribution in [3.05, 3.63) is 0 Å². The second kappa shape index (κ2) is 2.76. The molecule has 11 heavy (non-hydrogen) atoms. The molecule has 2 aliphatic rings. The summed E-state index contributed by atoms with van der Waals surface area (Å²) in [5.74, 6) is 0. The van der Waals surface area contributed by atoms with Crippen molar-refractivity contribution in [3.63, 3.8) is 0 Å². The molecule has 2 rings (SSSR count). The Hall–Kier alpha value is -0.0800. The number of aliphatic hydroxyl groups excluding tert-OH is 1. The Morgan fingerprint density at radius 3 is 2.45 bits per heavy atom. The number of hydrogen-bond donors (Lipinski definition) is 1. The Labute approximate surface area is 67.6 Å². The molecule has 1 N–H and O–H groups in total. The van der Waals surface area contributed by atoms with E-state index < -0.39 is 0 Å². The van der Waals surface area contributed by atoms with E-state index in [1.807, 2.05) is 0 Å². The van der Waals surface area contributed by atoms with Crippen molar-refractivity contribution in [1.29, 1.82) is 0 Å². The fourth-order valence-electron chi connectivity index (χ4n) is 2.48. The van der Waals surface area contributed by atoms with Gasteiger partial charge in [0, 0.05) is 18.6 Å². The summed E-state index contributed by atoms with van der Waals surface area (Å²) in [7, 11) is 0. The Balaban J connectivity index is 2.06. The van der Waals surface area contributed by atoms with Crippen LogP contribution in [0.5, 0.6) is 0 Å². The lowest BCUT2D eigenvalue weighted by Crippen LogP contribution is -2.36. The van der Waals surface area contributed by atoms with Crippen LogP contribution < -0.4 is 0 Å². The van der Waals surface area contributed by atoms with Crippen molar-refractivity contribution in [1.82, 2.24) is 0 Å². The van der Waals surface area contributed by atoms with E-state index in [1.165, 1.54) is 12.8 Å². The second-order valence-electron chi connectivity index (χ2n) is 3.88. The van der Waals surface area contributed by atoms with Gasteiger partial charge < -0.3 is 9.84 Å². The van der Waals surface area contributed by atoms with Crippen molar-refractivity contribution in [2.45, 2.75) is 38.2 Å². The van der Waals surface area contributed by atoms with Crippen LogP contribution >= 0.6 is 0 Å². The quantitative estimate of drug-likeness (QED) is 0.573. The lowest BCUT2D eigenvalue weighted by molar-refractivity contribution is -0.0437. The highest BCUT2D eigenvalue weighted by Gasteiger charge is 2.42. The molecule has 1 spiro atoms. The van der Waals surface area contributed by atoms with E-state index in [2.05, 4.69) is 0 Å². The van der Waals surface area contributed by atoms with Gasteiger partial charge in [0.05, 0.1) is 6.10 Å². The summed E-state index contributed by atoms with van der Waals surface area (Å²) in [5, 5.41) is 9.75. The van der Waals surface area contributed by atoms with Gasteiger partial charge in [-0.3, -0.25) is 0 Å². The molecule has 1 atom stereocenters. The lowest BCUT2D eigenvalue weighted by Gasteiger charge is -2.36. The Kier molecular flexibility index (Phi) is 1.90. The Morgan fingerprint density at radius 1 is 1.18 bits per heavy atom. The van der Waals surface area contributed by atoms with E-state index in [-0.39, 0.29) is 11.5 Å². The van der Waals surface area contributed by atoms with Crippen LogP contribution in [0, 0.1) is 5.41 Å². The van der Waals surface area contributed by atoms with E-state index >= 15 is 0 Å². The zero-order chi connectivity index (χ0) is 7.73. The fourth-order valence-corrected chi connectivity index (χ4v) is 2.48. The monoisotopic (exact) mass is 156 g/mol. The van der Waals surface area contributed by atoms with E-state index in [1.54, 1.807) is 0 Å². The van der Waals surface area contributed by atoms with Crippen molar-refractivity contribution < 1.29 is 9.84 Å². The topological polar surface area (TPSA) is 29.5 Å². The smallest absolute Gasteiger partial charge is 0.0598 e. The van der Waals surface area contributed by atoms with Crippen LogP contribution in [0.15, 0.2) is 0 Å². The normalized spacial score (nSPS) is 36.3. The number of hydrogen-bond acceptors (Lipinski definition) is 2. The molecular weight excluding hydrogens is 140 g/mol. The predicted molar refractivity (Wildman–Crippen MR) is 42.3 cm³/mol. The van der Waals surface area contributed by atoms with Crippen molar-refractivity contribution >= 4 is 0 Å². The van der Waals surface area contributed by atoms with Gasteiger partial charge in [0.25, 0.3) is 0 Å². The van der Waals surface area contributed by atoms with E-state index in [0.29, 0.717) is 0 Å². The van der Waals surface area contributed by atoms with Crippen molar-refractivity contribution in [2.75, 3.05) is 13.2 Å². The fraction of sp³-hybridized carbons (Fsp3) is 1.00. The van der Waals surface area contributed by atoms with Crippen LogP contribution in [-0.4, -0.2) is 24.4 Å². The molecule has 0 bridgehead atoms. The average Bonchev–Trinajstić information content (AvgIpc) is 2.36. The summed E-state index contributed by atoms with van der Waals surface area (Å²) >= 11 is 0. The summed E-state index contributed by atoms with van der Waals surface area (Å²) in [6.45, 7) is 1.72. The minimum atomic E-state index is -0.0357. The molecule has 0 amide bonds. The molecule has 0 unspecified atom stereocenters. The molecule has 1 aliphatic carbocycles. The Bertz CT molecular complexity index is 138. The summed E-state index contributed by atoms with van der Waals surface area (Å²) in [6.07, 6.45) is 5.56. The third-order valence-electron chi connectivity index (χ3n) is 3.35. The van der Waals surface area contributed by atoms with Crippen LogP contribution in [-0.2, 0) is 4.74 Å². The SMILES string of the molecule is O[C@@H]1CCCC12CCOCC2. The van der Waals surface area contributed by atoms with Gasteiger partial charge in [0.2, 0.25) is 0 Å². The maximum absolute atomic E-state index is 9.75. The van der Waals surface area contributed by atoms with Gasteiger partial charge in [-0.2, -0.15) is 0 Å². The third-order valence-corrected chi connectivity index (χ3v) is 3.35. The van der Waals surface area contributed by atoms with Gasteiger partial charge in [-0.05, 0) is 25.7 Å². The number of ether oxygens (including phenoxy) is 1. The number of aliphatic hydroxyl groups is 1. The highest BCUT2D eigenvalue weighted by atomic mass is 16.5. The van der Waals surface area contributed by atoms with Crippen molar-refractivity contribution in [3.8, 4) is 0 Å². The van der Waals surface area contributed by atoms with Crippen LogP contribution in [0.4, 0.5) is 0 Å². The molecule has 1 saturated heterocycles. The minimum Gasteiger partial charge on any atom is -0.393 e. The van der Waals surface area contributed by atoms with Crippen LogP contribution in [0.2, 0.25) is 0 Å². The summed E-state index contributed by atoms with van der Waals surface area (Å²) < 4.78 is 5.29. The molecule has 64 valence electrons. The highest BCUT2D eigenvalue weighted by Crippen LogP contribution is 2.45. The van der Waals surface area contributed by atoms with Gasteiger partial charge >= 0.3 is 0 Å². The van der Waals surface area contributed by atoms with Gasteiger partial charge in [-0.15, -0.1) is 0 Å².